The monoisotopic (exact) mass is 372 g/mol. The molecule has 0 aliphatic carbocycles. The SMILES string of the molecule is Cc1ccc(C(=O)CN2C(=O)NC(C)(c3ccc(F)c(F)c3)C2=O)c(C)c1. The van der Waals surface area contributed by atoms with Crippen molar-refractivity contribution in [2.24, 2.45) is 0 Å². The van der Waals surface area contributed by atoms with E-state index in [4.69, 9.17) is 0 Å². The first-order valence-corrected chi connectivity index (χ1v) is 8.33. The second-order valence-corrected chi connectivity index (χ2v) is 6.82. The van der Waals surface area contributed by atoms with Crippen LogP contribution in [0, 0.1) is 25.5 Å². The van der Waals surface area contributed by atoms with Gasteiger partial charge in [0.05, 0.1) is 6.54 Å². The molecular formula is C20H18F2N2O3. The maximum atomic E-state index is 13.6. The number of urea groups is 1. The van der Waals surface area contributed by atoms with E-state index in [1.54, 1.807) is 19.1 Å². The van der Waals surface area contributed by atoms with Crippen LogP contribution in [0.15, 0.2) is 36.4 Å². The molecule has 3 rings (SSSR count). The first-order chi connectivity index (χ1) is 12.6. The van der Waals surface area contributed by atoms with Gasteiger partial charge in [-0.05, 0) is 44.0 Å². The molecule has 1 atom stereocenters. The van der Waals surface area contributed by atoms with Crippen molar-refractivity contribution in [1.29, 1.82) is 0 Å². The van der Waals surface area contributed by atoms with Gasteiger partial charge < -0.3 is 5.32 Å². The Bertz CT molecular complexity index is 974. The minimum absolute atomic E-state index is 0.0983. The molecule has 0 bridgehead atoms. The van der Waals surface area contributed by atoms with Gasteiger partial charge >= 0.3 is 6.03 Å². The molecule has 1 saturated heterocycles. The fraction of sp³-hybridized carbons (Fsp3) is 0.250. The first-order valence-electron chi connectivity index (χ1n) is 8.33. The third-order valence-electron chi connectivity index (χ3n) is 4.76. The highest BCUT2D eigenvalue weighted by Gasteiger charge is 2.49. The number of nitrogens with one attached hydrogen (secondary N) is 1. The van der Waals surface area contributed by atoms with Gasteiger partial charge in [0.2, 0.25) is 0 Å². The predicted molar refractivity (Wildman–Crippen MR) is 94.2 cm³/mol. The molecule has 1 unspecified atom stereocenters. The zero-order valence-corrected chi connectivity index (χ0v) is 15.1. The molecular weight excluding hydrogens is 354 g/mol. The lowest BCUT2D eigenvalue weighted by molar-refractivity contribution is -0.130. The quantitative estimate of drug-likeness (QED) is 0.662. The van der Waals surface area contributed by atoms with Crippen LogP contribution >= 0.6 is 0 Å². The Morgan fingerprint density at radius 3 is 2.41 bits per heavy atom. The number of imide groups is 1. The van der Waals surface area contributed by atoms with Crippen LogP contribution in [0.1, 0.15) is 34.0 Å². The molecule has 1 fully saturated rings. The van der Waals surface area contributed by atoms with E-state index >= 15 is 0 Å². The Hall–Kier alpha value is -3.09. The van der Waals surface area contributed by atoms with Gasteiger partial charge in [0.25, 0.3) is 5.91 Å². The van der Waals surface area contributed by atoms with Gasteiger partial charge in [0, 0.05) is 5.56 Å². The average Bonchev–Trinajstić information content (AvgIpc) is 2.81. The van der Waals surface area contributed by atoms with Crippen molar-refractivity contribution < 1.29 is 23.2 Å². The summed E-state index contributed by atoms with van der Waals surface area (Å²) in [5.41, 5.74) is 0.679. The molecule has 1 aliphatic rings. The van der Waals surface area contributed by atoms with Crippen LogP contribution in [-0.4, -0.2) is 29.2 Å². The standard InChI is InChI=1S/C20H18F2N2O3/c1-11-4-6-14(12(2)8-11)17(25)10-24-18(26)20(3,23-19(24)27)13-5-7-15(21)16(22)9-13/h4-9H,10H2,1-3H3,(H,23,27). The Morgan fingerprint density at radius 1 is 1.07 bits per heavy atom. The Morgan fingerprint density at radius 2 is 1.78 bits per heavy atom. The third kappa shape index (κ3) is 3.20. The number of aryl methyl sites for hydroxylation is 2. The zero-order chi connectivity index (χ0) is 19.9. The number of rotatable bonds is 4. The van der Waals surface area contributed by atoms with Gasteiger partial charge in [-0.3, -0.25) is 14.5 Å². The minimum Gasteiger partial charge on any atom is -0.319 e. The van der Waals surface area contributed by atoms with Crippen molar-refractivity contribution in [2.45, 2.75) is 26.3 Å². The topological polar surface area (TPSA) is 66.5 Å². The molecule has 0 saturated carbocycles. The highest BCUT2D eigenvalue weighted by Crippen LogP contribution is 2.30. The number of carbonyl (C=O) groups is 3. The molecule has 2 aromatic rings. The Kier molecular flexibility index (Phi) is 4.55. The Labute approximate surface area is 155 Å². The molecule has 0 spiro atoms. The largest absolute Gasteiger partial charge is 0.325 e. The van der Waals surface area contributed by atoms with Crippen LogP contribution in [0.25, 0.3) is 0 Å². The molecule has 1 heterocycles. The molecule has 3 amide bonds. The van der Waals surface area contributed by atoms with E-state index in [0.717, 1.165) is 28.2 Å². The minimum atomic E-state index is -1.58. The van der Waals surface area contributed by atoms with E-state index in [0.29, 0.717) is 5.56 Å². The summed E-state index contributed by atoms with van der Waals surface area (Å²) in [5.74, 6) is -3.26. The maximum Gasteiger partial charge on any atom is 0.325 e. The number of halogens is 2. The molecule has 7 heteroatoms. The van der Waals surface area contributed by atoms with Crippen molar-refractivity contribution in [1.82, 2.24) is 10.2 Å². The summed E-state index contributed by atoms with van der Waals surface area (Å²) in [6.07, 6.45) is 0. The predicted octanol–water partition coefficient (Wildman–Crippen LogP) is 3.23. The zero-order valence-electron chi connectivity index (χ0n) is 15.1. The van der Waals surface area contributed by atoms with Crippen LogP contribution in [0.4, 0.5) is 13.6 Å². The van der Waals surface area contributed by atoms with Crippen LogP contribution < -0.4 is 5.32 Å². The summed E-state index contributed by atoms with van der Waals surface area (Å²) in [7, 11) is 0. The molecule has 140 valence electrons. The van der Waals surface area contributed by atoms with E-state index in [-0.39, 0.29) is 11.3 Å². The lowest BCUT2D eigenvalue weighted by Gasteiger charge is -2.22. The van der Waals surface area contributed by atoms with Crippen LogP contribution in [0.3, 0.4) is 0 Å². The molecule has 2 aromatic carbocycles. The normalized spacial score (nSPS) is 19.4. The molecule has 0 radical (unpaired) electrons. The lowest BCUT2D eigenvalue weighted by atomic mass is 9.91. The summed E-state index contributed by atoms with van der Waals surface area (Å²) >= 11 is 0. The van der Waals surface area contributed by atoms with Gasteiger partial charge in [-0.25, -0.2) is 13.6 Å². The first kappa shape index (κ1) is 18.7. The molecule has 27 heavy (non-hydrogen) atoms. The number of amides is 3. The van der Waals surface area contributed by atoms with Crippen molar-refractivity contribution in [3.63, 3.8) is 0 Å². The number of Topliss-reactive ketones (excluding diaryl/α,β-unsaturated/α-hetero) is 1. The second-order valence-electron chi connectivity index (χ2n) is 6.82. The highest BCUT2D eigenvalue weighted by molar-refractivity contribution is 6.11. The number of ketones is 1. The molecule has 5 nitrogen and oxygen atoms in total. The van der Waals surface area contributed by atoms with Gasteiger partial charge in [0.15, 0.2) is 17.4 Å². The van der Waals surface area contributed by atoms with Crippen molar-refractivity contribution in [3.05, 3.63) is 70.3 Å². The van der Waals surface area contributed by atoms with Crippen LogP contribution in [0.2, 0.25) is 0 Å². The maximum absolute atomic E-state index is 13.6. The summed E-state index contributed by atoms with van der Waals surface area (Å²) in [6.45, 7) is 4.62. The number of hydrogen-bond donors (Lipinski definition) is 1. The fourth-order valence-electron chi connectivity index (χ4n) is 3.20. The van der Waals surface area contributed by atoms with Crippen molar-refractivity contribution in [2.75, 3.05) is 6.54 Å². The van der Waals surface area contributed by atoms with Gasteiger partial charge in [-0.1, -0.05) is 29.8 Å². The van der Waals surface area contributed by atoms with Crippen LogP contribution in [0.5, 0.6) is 0 Å². The third-order valence-corrected chi connectivity index (χ3v) is 4.76. The van der Waals surface area contributed by atoms with E-state index < -0.39 is 35.7 Å². The van der Waals surface area contributed by atoms with Crippen molar-refractivity contribution >= 4 is 17.7 Å². The Balaban J connectivity index is 1.87. The summed E-state index contributed by atoms with van der Waals surface area (Å²) in [4.78, 5) is 38.5. The van der Waals surface area contributed by atoms with E-state index in [1.165, 1.54) is 13.0 Å². The smallest absolute Gasteiger partial charge is 0.319 e. The number of hydrogen-bond acceptors (Lipinski definition) is 3. The fourth-order valence-corrected chi connectivity index (χ4v) is 3.20. The number of benzene rings is 2. The number of carbonyl (C=O) groups excluding carboxylic acids is 3. The number of nitrogens with zero attached hydrogens (tertiary/aromatic N) is 1. The van der Waals surface area contributed by atoms with Gasteiger partial charge in [-0.15, -0.1) is 0 Å². The van der Waals surface area contributed by atoms with E-state index in [2.05, 4.69) is 5.32 Å². The van der Waals surface area contributed by atoms with E-state index in [1.807, 2.05) is 13.0 Å². The summed E-state index contributed by atoms with van der Waals surface area (Å²) < 4.78 is 26.8. The summed E-state index contributed by atoms with van der Waals surface area (Å²) in [5, 5.41) is 2.47. The average molecular weight is 372 g/mol. The van der Waals surface area contributed by atoms with Crippen molar-refractivity contribution in [3.8, 4) is 0 Å². The second kappa shape index (κ2) is 6.57. The molecule has 1 N–H and O–H groups in total. The lowest BCUT2D eigenvalue weighted by Crippen LogP contribution is -2.41. The summed E-state index contributed by atoms with van der Waals surface area (Å²) in [6, 6.07) is 7.49. The van der Waals surface area contributed by atoms with Gasteiger partial charge in [0.1, 0.15) is 5.54 Å². The molecule has 1 aliphatic heterocycles. The van der Waals surface area contributed by atoms with Crippen LogP contribution in [-0.2, 0) is 10.3 Å². The van der Waals surface area contributed by atoms with E-state index in [9.17, 15) is 23.2 Å². The highest BCUT2D eigenvalue weighted by atomic mass is 19.2. The molecule has 0 aromatic heterocycles. The van der Waals surface area contributed by atoms with Gasteiger partial charge in [-0.2, -0.15) is 0 Å².